The van der Waals surface area contributed by atoms with Crippen molar-refractivity contribution in [2.24, 2.45) is 0 Å². The maximum Gasteiger partial charge on any atom is 0.231 e. The van der Waals surface area contributed by atoms with Crippen molar-refractivity contribution in [3.8, 4) is 22.9 Å². The average molecular weight is 352 g/mol. The van der Waals surface area contributed by atoms with Gasteiger partial charge in [-0.15, -0.1) is 5.10 Å². The molecular formula is C19H17FN4O2. The minimum atomic E-state index is 0.134. The van der Waals surface area contributed by atoms with Crippen LogP contribution in [0, 0.1) is 0 Å². The third-order valence-electron chi connectivity index (χ3n) is 4.03. The molecule has 4 rings (SSSR count). The number of aromatic nitrogens is 4. The maximum atomic E-state index is 12.4. The number of rotatable bonds is 7. The van der Waals surface area contributed by atoms with Crippen molar-refractivity contribution in [2.45, 2.75) is 13.0 Å². The van der Waals surface area contributed by atoms with Gasteiger partial charge in [0.2, 0.25) is 5.88 Å². The molecule has 0 amide bonds. The highest BCUT2D eigenvalue weighted by atomic mass is 19.3. The number of ether oxygens (including phenoxy) is 1. The lowest BCUT2D eigenvalue weighted by molar-refractivity contribution is -0.00614. The predicted molar refractivity (Wildman–Crippen MR) is 94.7 cm³/mol. The Morgan fingerprint density at radius 3 is 2.77 bits per heavy atom. The van der Waals surface area contributed by atoms with E-state index in [1.807, 2.05) is 36.7 Å². The SMILES string of the molecule is FOc1cccc(-c2cnc3ccc(OCCCn4cccc4)nn23)c1. The van der Waals surface area contributed by atoms with E-state index in [1.165, 1.54) is 0 Å². The number of halogens is 1. The summed E-state index contributed by atoms with van der Waals surface area (Å²) >= 11 is 0. The molecule has 6 nitrogen and oxygen atoms in total. The van der Waals surface area contributed by atoms with E-state index in [4.69, 9.17) is 4.74 Å². The van der Waals surface area contributed by atoms with E-state index in [0.29, 0.717) is 18.1 Å². The predicted octanol–water partition coefficient (Wildman–Crippen LogP) is 3.93. The number of hydrogen-bond acceptors (Lipinski definition) is 4. The van der Waals surface area contributed by atoms with Crippen molar-refractivity contribution in [2.75, 3.05) is 6.61 Å². The molecule has 0 atom stereocenters. The minimum Gasteiger partial charge on any atom is -0.477 e. The van der Waals surface area contributed by atoms with E-state index in [2.05, 4.69) is 19.6 Å². The fourth-order valence-corrected chi connectivity index (χ4v) is 2.78. The molecule has 0 unspecified atom stereocenters. The zero-order valence-electron chi connectivity index (χ0n) is 14.0. The molecule has 0 spiro atoms. The zero-order valence-corrected chi connectivity index (χ0v) is 14.0. The molecule has 0 aliphatic rings. The number of benzene rings is 1. The fourth-order valence-electron chi connectivity index (χ4n) is 2.78. The lowest BCUT2D eigenvalue weighted by atomic mass is 10.1. The van der Waals surface area contributed by atoms with Gasteiger partial charge in [0, 0.05) is 35.1 Å². The molecule has 3 heterocycles. The first-order valence-electron chi connectivity index (χ1n) is 8.31. The van der Waals surface area contributed by atoms with Gasteiger partial charge in [0.1, 0.15) is 0 Å². The largest absolute Gasteiger partial charge is 0.477 e. The van der Waals surface area contributed by atoms with Crippen molar-refractivity contribution >= 4 is 5.65 Å². The van der Waals surface area contributed by atoms with E-state index < -0.39 is 0 Å². The Kier molecular flexibility index (Phi) is 4.51. The van der Waals surface area contributed by atoms with Crippen LogP contribution in [0.2, 0.25) is 0 Å². The summed E-state index contributed by atoms with van der Waals surface area (Å²) < 4.78 is 22.0. The molecule has 3 aromatic heterocycles. The summed E-state index contributed by atoms with van der Waals surface area (Å²) in [5.41, 5.74) is 2.17. The van der Waals surface area contributed by atoms with Gasteiger partial charge < -0.3 is 9.30 Å². The Balaban J connectivity index is 1.50. The van der Waals surface area contributed by atoms with Crippen LogP contribution in [-0.2, 0) is 6.54 Å². The first-order chi connectivity index (χ1) is 12.8. The fraction of sp³-hybridized carbons (Fsp3) is 0.158. The molecule has 0 aliphatic heterocycles. The molecule has 0 bridgehead atoms. The summed E-state index contributed by atoms with van der Waals surface area (Å²) in [6, 6.07) is 14.3. The Labute approximate surface area is 149 Å². The van der Waals surface area contributed by atoms with Crippen LogP contribution in [0.15, 0.2) is 67.1 Å². The summed E-state index contributed by atoms with van der Waals surface area (Å²) in [6.07, 6.45) is 6.62. The van der Waals surface area contributed by atoms with Gasteiger partial charge >= 0.3 is 0 Å². The summed E-state index contributed by atoms with van der Waals surface area (Å²) in [5.74, 6) is 0.650. The third kappa shape index (κ3) is 3.37. The van der Waals surface area contributed by atoms with Crippen molar-refractivity contribution in [1.82, 2.24) is 19.2 Å². The second-order valence-electron chi connectivity index (χ2n) is 5.81. The van der Waals surface area contributed by atoms with E-state index in [-0.39, 0.29) is 5.75 Å². The molecule has 0 saturated carbocycles. The quantitative estimate of drug-likeness (QED) is 0.473. The van der Waals surface area contributed by atoms with Crippen molar-refractivity contribution in [1.29, 1.82) is 0 Å². The first kappa shape index (κ1) is 16.1. The van der Waals surface area contributed by atoms with Gasteiger partial charge in [-0.3, -0.25) is 4.94 Å². The lowest BCUT2D eigenvalue weighted by Crippen LogP contribution is -2.05. The highest BCUT2D eigenvalue weighted by molar-refractivity contribution is 5.64. The Morgan fingerprint density at radius 2 is 1.92 bits per heavy atom. The van der Waals surface area contributed by atoms with Crippen LogP contribution >= 0.6 is 0 Å². The van der Waals surface area contributed by atoms with Crippen LogP contribution in [0.5, 0.6) is 11.6 Å². The number of aryl methyl sites for hydroxylation is 1. The second kappa shape index (κ2) is 7.26. The van der Waals surface area contributed by atoms with Crippen LogP contribution < -0.4 is 9.68 Å². The van der Waals surface area contributed by atoms with Gasteiger partial charge in [-0.25, -0.2) is 9.50 Å². The lowest BCUT2D eigenvalue weighted by Gasteiger charge is -2.07. The molecular weight excluding hydrogens is 335 g/mol. The number of imidazole rings is 1. The van der Waals surface area contributed by atoms with Crippen LogP contribution in [0.25, 0.3) is 16.9 Å². The normalized spacial score (nSPS) is 11.0. The average Bonchev–Trinajstić information content (AvgIpc) is 3.34. The third-order valence-corrected chi connectivity index (χ3v) is 4.03. The summed E-state index contributed by atoms with van der Waals surface area (Å²) in [6.45, 7) is 1.45. The van der Waals surface area contributed by atoms with Crippen LogP contribution in [0.1, 0.15) is 6.42 Å². The Hall–Kier alpha value is -3.35. The maximum absolute atomic E-state index is 12.4. The Morgan fingerprint density at radius 1 is 1.04 bits per heavy atom. The highest BCUT2D eigenvalue weighted by Crippen LogP contribution is 2.25. The molecule has 0 saturated heterocycles. The van der Waals surface area contributed by atoms with Crippen LogP contribution in [0.4, 0.5) is 4.53 Å². The van der Waals surface area contributed by atoms with Gasteiger partial charge in [-0.05, 0) is 36.8 Å². The van der Waals surface area contributed by atoms with E-state index in [1.54, 1.807) is 35.0 Å². The smallest absolute Gasteiger partial charge is 0.231 e. The number of nitrogens with zero attached hydrogens (tertiary/aromatic N) is 4. The minimum absolute atomic E-state index is 0.134. The molecule has 7 heteroatoms. The van der Waals surface area contributed by atoms with Gasteiger partial charge in [0.15, 0.2) is 11.4 Å². The standard InChI is InChI=1S/C19H17FN4O2/c20-26-16-6-3-5-15(13-16)17-14-21-18-7-8-19(22-24(17)18)25-12-4-11-23-9-1-2-10-23/h1-3,5-10,13-14H,4,11-12H2. The van der Waals surface area contributed by atoms with Crippen molar-refractivity contribution in [3.63, 3.8) is 0 Å². The molecule has 26 heavy (non-hydrogen) atoms. The molecule has 0 N–H and O–H groups in total. The van der Waals surface area contributed by atoms with Crippen LogP contribution in [-0.4, -0.2) is 25.8 Å². The van der Waals surface area contributed by atoms with E-state index in [9.17, 15) is 4.53 Å². The van der Waals surface area contributed by atoms with Gasteiger partial charge in [-0.1, -0.05) is 12.1 Å². The van der Waals surface area contributed by atoms with Crippen molar-refractivity contribution < 1.29 is 14.2 Å². The Bertz CT molecular complexity index is 998. The topological polar surface area (TPSA) is 53.6 Å². The van der Waals surface area contributed by atoms with Crippen LogP contribution in [0.3, 0.4) is 0 Å². The summed E-state index contributed by atoms with van der Waals surface area (Å²) in [4.78, 5) is 8.14. The van der Waals surface area contributed by atoms with Gasteiger partial charge in [0.25, 0.3) is 0 Å². The second-order valence-corrected chi connectivity index (χ2v) is 5.81. The van der Waals surface area contributed by atoms with Gasteiger partial charge in [-0.2, -0.15) is 0 Å². The molecule has 0 radical (unpaired) electrons. The molecule has 0 aliphatic carbocycles. The first-order valence-corrected chi connectivity index (χ1v) is 8.31. The zero-order chi connectivity index (χ0) is 17.8. The van der Waals surface area contributed by atoms with Crippen molar-refractivity contribution in [3.05, 3.63) is 67.1 Å². The van der Waals surface area contributed by atoms with Gasteiger partial charge in [0.05, 0.1) is 18.5 Å². The summed E-state index contributed by atoms with van der Waals surface area (Å²) in [5, 5.41) is 4.49. The number of hydrogen-bond donors (Lipinski definition) is 0. The molecule has 0 fully saturated rings. The monoisotopic (exact) mass is 352 g/mol. The molecule has 1 aromatic carbocycles. The number of fused-ring (bicyclic) bond motifs is 1. The van der Waals surface area contributed by atoms with E-state index in [0.717, 1.165) is 24.2 Å². The summed E-state index contributed by atoms with van der Waals surface area (Å²) in [7, 11) is 0. The molecule has 4 aromatic rings. The van der Waals surface area contributed by atoms with E-state index >= 15 is 0 Å². The molecule has 132 valence electrons. The highest BCUT2D eigenvalue weighted by Gasteiger charge is 2.10.